The first kappa shape index (κ1) is 13.8. The first-order valence-electron chi connectivity index (χ1n) is 6.08. The molecular weight excluding hydrogens is 256 g/mol. The van der Waals surface area contributed by atoms with Gasteiger partial charge in [0.25, 0.3) is 0 Å². The van der Waals surface area contributed by atoms with Crippen molar-refractivity contribution in [3.63, 3.8) is 0 Å². The number of carbonyl (C=O) groups excluding carboxylic acids is 1. The van der Waals surface area contributed by atoms with Gasteiger partial charge in [-0.05, 0) is 24.3 Å². The topological polar surface area (TPSA) is 81.3 Å². The van der Waals surface area contributed by atoms with Crippen LogP contribution in [0.4, 0.5) is 11.4 Å². The molecule has 0 amide bonds. The van der Waals surface area contributed by atoms with E-state index in [1.165, 1.54) is 0 Å². The predicted octanol–water partition coefficient (Wildman–Crippen LogP) is 1.48. The van der Waals surface area contributed by atoms with Crippen LogP contribution < -0.4 is 10.6 Å². The van der Waals surface area contributed by atoms with Crippen LogP contribution in [0.3, 0.4) is 0 Å². The summed E-state index contributed by atoms with van der Waals surface area (Å²) < 4.78 is 5.14. The number of nitrogen functional groups attached to an aromatic ring is 1. The standard InChI is InChI=1S/C14H16N4O2/c1-18(2)12-5-4-10(8-11(12)15)14(19)20-9-13-16-6-3-7-17-13/h3-8H,9,15H2,1-2H3. The van der Waals surface area contributed by atoms with Crippen molar-refractivity contribution in [2.24, 2.45) is 0 Å². The Bertz CT molecular complexity index is 599. The maximum Gasteiger partial charge on any atom is 0.338 e. The number of hydrogen-bond donors (Lipinski definition) is 1. The minimum Gasteiger partial charge on any atom is -0.454 e. The molecule has 0 spiro atoms. The lowest BCUT2D eigenvalue weighted by atomic mass is 10.1. The molecule has 2 aromatic rings. The summed E-state index contributed by atoms with van der Waals surface area (Å²) in [5.74, 6) is 0.00759. The Morgan fingerprint density at radius 1 is 1.30 bits per heavy atom. The Kier molecular flexibility index (Phi) is 4.14. The van der Waals surface area contributed by atoms with Gasteiger partial charge in [-0.25, -0.2) is 14.8 Å². The lowest BCUT2D eigenvalue weighted by Crippen LogP contribution is -2.12. The van der Waals surface area contributed by atoms with E-state index in [4.69, 9.17) is 10.5 Å². The number of ether oxygens (including phenoxy) is 1. The Hall–Kier alpha value is -2.63. The molecule has 0 saturated carbocycles. The largest absolute Gasteiger partial charge is 0.454 e. The lowest BCUT2D eigenvalue weighted by molar-refractivity contribution is 0.0462. The highest BCUT2D eigenvalue weighted by Crippen LogP contribution is 2.22. The first-order valence-corrected chi connectivity index (χ1v) is 6.08. The van der Waals surface area contributed by atoms with Crippen molar-refractivity contribution in [1.82, 2.24) is 9.97 Å². The predicted molar refractivity (Wildman–Crippen MR) is 76.3 cm³/mol. The van der Waals surface area contributed by atoms with E-state index < -0.39 is 5.97 Å². The summed E-state index contributed by atoms with van der Waals surface area (Å²) in [6.07, 6.45) is 3.19. The molecular formula is C14H16N4O2. The second kappa shape index (κ2) is 6.01. The highest BCUT2D eigenvalue weighted by Gasteiger charge is 2.11. The van der Waals surface area contributed by atoms with Gasteiger partial charge in [0, 0.05) is 26.5 Å². The minimum absolute atomic E-state index is 0.0367. The third kappa shape index (κ3) is 3.23. The zero-order chi connectivity index (χ0) is 14.5. The van der Waals surface area contributed by atoms with Gasteiger partial charge in [0.2, 0.25) is 0 Å². The normalized spacial score (nSPS) is 10.1. The van der Waals surface area contributed by atoms with Crippen LogP contribution in [0.2, 0.25) is 0 Å². The van der Waals surface area contributed by atoms with Crippen LogP contribution in [0.15, 0.2) is 36.7 Å². The van der Waals surface area contributed by atoms with Crippen molar-refractivity contribution in [2.45, 2.75) is 6.61 Å². The van der Waals surface area contributed by atoms with Crippen LogP contribution >= 0.6 is 0 Å². The number of rotatable bonds is 4. The van der Waals surface area contributed by atoms with Crippen LogP contribution in [-0.2, 0) is 11.3 Å². The molecule has 0 fully saturated rings. The zero-order valence-electron chi connectivity index (χ0n) is 11.4. The Labute approximate surface area is 117 Å². The van der Waals surface area contributed by atoms with Gasteiger partial charge in [0.15, 0.2) is 12.4 Å². The molecule has 0 bridgehead atoms. The van der Waals surface area contributed by atoms with E-state index in [0.29, 0.717) is 17.1 Å². The van der Waals surface area contributed by atoms with Gasteiger partial charge in [-0.3, -0.25) is 0 Å². The van der Waals surface area contributed by atoms with Crippen molar-refractivity contribution in [3.8, 4) is 0 Å². The fourth-order valence-electron chi connectivity index (χ4n) is 1.71. The molecule has 0 aliphatic heterocycles. The monoisotopic (exact) mass is 272 g/mol. The third-order valence-corrected chi connectivity index (χ3v) is 2.70. The number of aromatic nitrogens is 2. The third-order valence-electron chi connectivity index (χ3n) is 2.70. The molecule has 0 unspecified atom stereocenters. The van der Waals surface area contributed by atoms with Gasteiger partial charge in [0.1, 0.15) is 0 Å². The van der Waals surface area contributed by atoms with E-state index in [1.54, 1.807) is 36.7 Å². The summed E-state index contributed by atoms with van der Waals surface area (Å²) in [7, 11) is 3.77. The van der Waals surface area contributed by atoms with Crippen LogP contribution in [0, 0.1) is 0 Å². The second-order valence-electron chi connectivity index (χ2n) is 4.41. The van der Waals surface area contributed by atoms with E-state index in [-0.39, 0.29) is 6.61 Å². The van der Waals surface area contributed by atoms with Gasteiger partial charge in [-0.1, -0.05) is 0 Å². The van der Waals surface area contributed by atoms with Crippen LogP contribution in [0.25, 0.3) is 0 Å². The Morgan fingerprint density at radius 3 is 2.60 bits per heavy atom. The van der Waals surface area contributed by atoms with Gasteiger partial charge in [0.05, 0.1) is 16.9 Å². The Morgan fingerprint density at radius 2 is 2.00 bits per heavy atom. The minimum atomic E-state index is -0.450. The van der Waals surface area contributed by atoms with Crippen LogP contribution in [-0.4, -0.2) is 30.0 Å². The molecule has 0 radical (unpaired) electrons. The highest BCUT2D eigenvalue weighted by atomic mass is 16.5. The number of anilines is 2. The summed E-state index contributed by atoms with van der Waals surface area (Å²) in [5, 5.41) is 0. The fourth-order valence-corrected chi connectivity index (χ4v) is 1.71. The molecule has 1 heterocycles. The van der Waals surface area contributed by atoms with Crippen LogP contribution in [0.1, 0.15) is 16.2 Å². The maximum atomic E-state index is 11.9. The molecule has 2 N–H and O–H groups in total. The molecule has 1 aromatic heterocycles. The van der Waals surface area contributed by atoms with Gasteiger partial charge in [-0.15, -0.1) is 0 Å². The number of hydrogen-bond acceptors (Lipinski definition) is 6. The first-order chi connectivity index (χ1) is 9.58. The van der Waals surface area contributed by atoms with E-state index in [2.05, 4.69) is 9.97 Å². The number of carbonyl (C=O) groups is 1. The summed E-state index contributed by atoms with van der Waals surface area (Å²) in [6.45, 7) is 0.0367. The number of nitrogens with zero attached hydrogens (tertiary/aromatic N) is 3. The highest BCUT2D eigenvalue weighted by molar-refractivity contribution is 5.92. The molecule has 0 aliphatic rings. The van der Waals surface area contributed by atoms with Gasteiger partial charge < -0.3 is 15.4 Å². The van der Waals surface area contributed by atoms with Gasteiger partial charge in [-0.2, -0.15) is 0 Å². The summed E-state index contributed by atoms with van der Waals surface area (Å²) in [6, 6.07) is 6.76. The molecule has 0 saturated heterocycles. The van der Waals surface area contributed by atoms with E-state index in [9.17, 15) is 4.79 Å². The smallest absolute Gasteiger partial charge is 0.338 e. The van der Waals surface area contributed by atoms with Crippen molar-refractivity contribution >= 4 is 17.3 Å². The van der Waals surface area contributed by atoms with Crippen molar-refractivity contribution < 1.29 is 9.53 Å². The molecule has 104 valence electrons. The Balaban J connectivity index is 2.04. The lowest BCUT2D eigenvalue weighted by Gasteiger charge is -2.15. The van der Waals surface area contributed by atoms with Crippen LogP contribution in [0.5, 0.6) is 0 Å². The molecule has 20 heavy (non-hydrogen) atoms. The van der Waals surface area contributed by atoms with E-state index in [0.717, 1.165) is 5.69 Å². The molecule has 0 atom stereocenters. The van der Waals surface area contributed by atoms with Gasteiger partial charge >= 0.3 is 5.97 Å². The number of nitrogens with two attached hydrogens (primary N) is 1. The average Bonchev–Trinajstić information content (AvgIpc) is 2.45. The maximum absolute atomic E-state index is 11.9. The summed E-state index contributed by atoms with van der Waals surface area (Å²) >= 11 is 0. The number of esters is 1. The SMILES string of the molecule is CN(C)c1ccc(C(=O)OCc2ncccn2)cc1N. The van der Waals surface area contributed by atoms with E-state index >= 15 is 0 Å². The van der Waals surface area contributed by atoms with Crippen molar-refractivity contribution in [3.05, 3.63) is 48.0 Å². The second-order valence-corrected chi connectivity index (χ2v) is 4.41. The quantitative estimate of drug-likeness (QED) is 0.670. The number of benzene rings is 1. The fraction of sp³-hybridized carbons (Fsp3) is 0.214. The molecule has 1 aromatic carbocycles. The summed E-state index contributed by atoms with van der Waals surface area (Å²) in [5.41, 5.74) is 7.68. The molecule has 2 rings (SSSR count). The summed E-state index contributed by atoms with van der Waals surface area (Å²) in [4.78, 5) is 21.7. The molecule has 6 nitrogen and oxygen atoms in total. The molecule has 6 heteroatoms. The van der Waals surface area contributed by atoms with E-state index in [1.807, 2.05) is 19.0 Å². The average molecular weight is 272 g/mol. The molecule has 0 aliphatic carbocycles. The van der Waals surface area contributed by atoms with Crippen molar-refractivity contribution in [2.75, 3.05) is 24.7 Å². The zero-order valence-corrected chi connectivity index (χ0v) is 11.4. The van der Waals surface area contributed by atoms with Crippen molar-refractivity contribution in [1.29, 1.82) is 0 Å².